The van der Waals surface area contributed by atoms with E-state index in [-0.39, 0.29) is 0 Å². The Morgan fingerprint density at radius 1 is 1.32 bits per heavy atom. The predicted octanol–water partition coefficient (Wildman–Crippen LogP) is 2.69. The molecule has 0 spiro atoms. The maximum Gasteiger partial charge on any atom is 0.243 e. The van der Waals surface area contributed by atoms with Crippen LogP contribution in [0.5, 0.6) is 11.8 Å². The third-order valence-corrected chi connectivity index (χ3v) is 2.68. The first-order valence-electron chi connectivity index (χ1n) is 6.17. The Balaban J connectivity index is 2.47. The summed E-state index contributed by atoms with van der Waals surface area (Å²) in [6.45, 7) is 2.66. The highest BCUT2D eigenvalue weighted by Crippen LogP contribution is 2.26. The van der Waals surface area contributed by atoms with E-state index in [0.29, 0.717) is 29.6 Å². The fourth-order valence-electron chi connectivity index (χ4n) is 1.66. The molecule has 0 fully saturated rings. The zero-order chi connectivity index (χ0) is 13.7. The van der Waals surface area contributed by atoms with Crippen LogP contribution in [-0.2, 0) is 0 Å². The Labute approximate surface area is 111 Å². The lowest BCUT2D eigenvalue weighted by atomic mass is 10.2. The van der Waals surface area contributed by atoms with Crippen molar-refractivity contribution in [1.29, 1.82) is 5.26 Å². The number of nitriles is 1. The van der Waals surface area contributed by atoms with Gasteiger partial charge >= 0.3 is 0 Å². The number of hydrogen-bond donors (Lipinski definition) is 0. The summed E-state index contributed by atoms with van der Waals surface area (Å²) in [5.41, 5.74) is 0.941. The first-order chi connectivity index (χ1) is 9.28. The SMILES string of the molecule is CCCCOc1nc(OC)cc2ccc(C#N)nc12. The van der Waals surface area contributed by atoms with Crippen LogP contribution in [0.25, 0.3) is 10.9 Å². The molecule has 5 nitrogen and oxygen atoms in total. The number of ether oxygens (including phenoxy) is 2. The lowest BCUT2D eigenvalue weighted by molar-refractivity contribution is 0.294. The van der Waals surface area contributed by atoms with Gasteiger partial charge in [-0.1, -0.05) is 13.3 Å². The molecule has 0 N–H and O–H groups in total. The Morgan fingerprint density at radius 3 is 2.84 bits per heavy atom. The second-order valence-electron chi connectivity index (χ2n) is 4.05. The van der Waals surface area contributed by atoms with Crippen molar-refractivity contribution in [2.75, 3.05) is 13.7 Å². The average molecular weight is 257 g/mol. The van der Waals surface area contributed by atoms with Crippen LogP contribution in [0.4, 0.5) is 0 Å². The van der Waals surface area contributed by atoms with Crippen LogP contribution >= 0.6 is 0 Å². The molecule has 0 unspecified atom stereocenters. The number of pyridine rings is 2. The smallest absolute Gasteiger partial charge is 0.243 e. The number of nitrogens with zero attached hydrogens (tertiary/aromatic N) is 3. The third-order valence-electron chi connectivity index (χ3n) is 2.68. The van der Waals surface area contributed by atoms with E-state index >= 15 is 0 Å². The van der Waals surface area contributed by atoms with Crippen molar-refractivity contribution in [1.82, 2.24) is 9.97 Å². The third kappa shape index (κ3) is 2.91. The maximum absolute atomic E-state index is 8.90. The highest BCUT2D eigenvalue weighted by atomic mass is 16.5. The molecule has 2 aromatic heterocycles. The lowest BCUT2D eigenvalue weighted by Gasteiger charge is -2.09. The minimum absolute atomic E-state index is 0.347. The molecule has 0 aromatic carbocycles. The number of fused-ring (bicyclic) bond motifs is 1. The Hall–Kier alpha value is -2.35. The van der Waals surface area contributed by atoms with Crippen LogP contribution < -0.4 is 9.47 Å². The predicted molar refractivity (Wildman–Crippen MR) is 71.2 cm³/mol. The van der Waals surface area contributed by atoms with Gasteiger partial charge in [-0.25, -0.2) is 4.98 Å². The summed E-state index contributed by atoms with van der Waals surface area (Å²) in [6.07, 6.45) is 1.98. The maximum atomic E-state index is 8.90. The van der Waals surface area contributed by atoms with Crippen LogP contribution in [-0.4, -0.2) is 23.7 Å². The van der Waals surface area contributed by atoms with E-state index in [1.54, 1.807) is 19.2 Å². The molecule has 0 aliphatic rings. The van der Waals surface area contributed by atoms with Crippen LogP contribution in [0.3, 0.4) is 0 Å². The molecule has 2 rings (SSSR count). The van der Waals surface area contributed by atoms with E-state index in [0.717, 1.165) is 18.2 Å². The number of aromatic nitrogens is 2. The van der Waals surface area contributed by atoms with E-state index in [2.05, 4.69) is 16.9 Å². The number of unbranched alkanes of at least 4 members (excludes halogenated alkanes) is 1. The number of hydrogen-bond acceptors (Lipinski definition) is 5. The van der Waals surface area contributed by atoms with Crippen molar-refractivity contribution in [3.8, 4) is 17.8 Å². The molecule has 19 heavy (non-hydrogen) atoms. The normalized spacial score (nSPS) is 10.2. The lowest BCUT2D eigenvalue weighted by Crippen LogP contribution is -2.02. The van der Waals surface area contributed by atoms with Crippen LogP contribution in [0.1, 0.15) is 25.5 Å². The van der Waals surface area contributed by atoms with Crippen molar-refractivity contribution in [2.45, 2.75) is 19.8 Å². The second-order valence-corrected chi connectivity index (χ2v) is 4.05. The summed E-state index contributed by atoms with van der Waals surface area (Å²) < 4.78 is 10.8. The zero-order valence-electron chi connectivity index (χ0n) is 11.0. The summed E-state index contributed by atoms with van der Waals surface area (Å²) in [5, 5.41) is 9.75. The molecule has 0 radical (unpaired) electrons. The van der Waals surface area contributed by atoms with Crippen molar-refractivity contribution in [2.24, 2.45) is 0 Å². The summed E-state index contributed by atoms with van der Waals surface area (Å²) in [7, 11) is 1.56. The number of methoxy groups -OCH3 is 1. The van der Waals surface area contributed by atoms with Gasteiger partial charge < -0.3 is 9.47 Å². The molecule has 0 aliphatic heterocycles. The molecule has 5 heteroatoms. The summed E-state index contributed by atoms with van der Waals surface area (Å²) in [5.74, 6) is 0.894. The van der Waals surface area contributed by atoms with Crippen molar-refractivity contribution < 1.29 is 9.47 Å². The Bertz CT molecular complexity index is 620. The molecule has 2 heterocycles. The van der Waals surface area contributed by atoms with E-state index in [1.165, 1.54) is 0 Å². The molecule has 0 saturated carbocycles. The Kier molecular flexibility index (Phi) is 4.14. The van der Waals surface area contributed by atoms with Gasteiger partial charge in [0.2, 0.25) is 11.8 Å². The van der Waals surface area contributed by atoms with E-state index in [1.807, 2.05) is 12.1 Å². The van der Waals surface area contributed by atoms with Gasteiger partial charge in [0, 0.05) is 11.5 Å². The Morgan fingerprint density at radius 2 is 2.16 bits per heavy atom. The van der Waals surface area contributed by atoms with Gasteiger partial charge in [0.15, 0.2) is 0 Å². The second kappa shape index (κ2) is 6.01. The topological polar surface area (TPSA) is 68.0 Å². The molecule has 0 amide bonds. The molecule has 0 bridgehead atoms. The van der Waals surface area contributed by atoms with E-state index < -0.39 is 0 Å². The van der Waals surface area contributed by atoms with E-state index in [9.17, 15) is 0 Å². The highest BCUT2D eigenvalue weighted by Gasteiger charge is 2.10. The molecule has 0 saturated heterocycles. The summed E-state index contributed by atoms with van der Waals surface area (Å²) >= 11 is 0. The average Bonchev–Trinajstić information content (AvgIpc) is 2.46. The van der Waals surface area contributed by atoms with Gasteiger partial charge in [0.25, 0.3) is 0 Å². The van der Waals surface area contributed by atoms with E-state index in [4.69, 9.17) is 14.7 Å². The van der Waals surface area contributed by atoms with Gasteiger partial charge in [-0.2, -0.15) is 10.2 Å². The summed E-state index contributed by atoms with van der Waals surface area (Å²) in [6, 6.07) is 7.27. The molecule has 2 aromatic rings. The van der Waals surface area contributed by atoms with Gasteiger partial charge in [-0.15, -0.1) is 0 Å². The first kappa shape index (κ1) is 13.1. The molecule has 98 valence electrons. The van der Waals surface area contributed by atoms with Crippen molar-refractivity contribution in [3.05, 3.63) is 23.9 Å². The molecule has 0 aliphatic carbocycles. The minimum Gasteiger partial charge on any atom is -0.481 e. The summed E-state index contributed by atoms with van der Waals surface area (Å²) in [4.78, 5) is 8.49. The van der Waals surface area contributed by atoms with Crippen LogP contribution in [0, 0.1) is 11.3 Å². The monoisotopic (exact) mass is 257 g/mol. The molecule has 0 atom stereocenters. The van der Waals surface area contributed by atoms with Crippen LogP contribution in [0.15, 0.2) is 18.2 Å². The van der Waals surface area contributed by atoms with Gasteiger partial charge in [-0.05, 0) is 18.6 Å². The largest absolute Gasteiger partial charge is 0.481 e. The van der Waals surface area contributed by atoms with Gasteiger partial charge in [0.05, 0.1) is 13.7 Å². The highest BCUT2D eigenvalue weighted by molar-refractivity contribution is 5.84. The van der Waals surface area contributed by atoms with Gasteiger partial charge in [-0.3, -0.25) is 0 Å². The standard InChI is InChI=1S/C14H15N3O2/c1-3-4-7-19-14-13-10(8-12(17-14)18-2)5-6-11(9-15)16-13/h5-6,8H,3-4,7H2,1-2H3. The number of rotatable bonds is 5. The quantitative estimate of drug-likeness (QED) is 0.770. The first-order valence-corrected chi connectivity index (χ1v) is 6.17. The van der Waals surface area contributed by atoms with Gasteiger partial charge in [0.1, 0.15) is 17.3 Å². The van der Waals surface area contributed by atoms with Crippen LogP contribution in [0.2, 0.25) is 0 Å². The fraction of sp³-hybridized carbons (Fsp3) is 0.357. The minimum atomic E-state index is 0.347. The zero-order valence-corrected chi connectivity index (χ0v) is 11.0. The molecular weight excluding hydrogens is 242 g/mol. The molecular formula is C14H15N3O2. The fourth-order valence-corrected chi connectivity index (χ4v) is 1.66. The van der Waals surface area contributed by atoms with Crippen molar-refractivity contribution in [3.63, 3.8) is 0 Å². The van der Waals surface area contributed by atoms with Crippen molar-refractivity contribution >= 4 is 10.9 Å².